The first-order valence-corrected chi connectivity index (χ1v) is 5.31. The smallest absolute Gasteiger partial charge is 0.401 e. The molecular formula is C12H7F5N2O. The number of alkyl halides is 5. The number of rotatable bonds is 3. The maximum Gasteiger partial charge on any atom is 0.416 e. The fourth-order valence-electron chi connectivity index (χ4n) is 1.46. The number of nitrogens with zero attached hydrogens (tertiary/aromatic N) is 2. The van der Waals surface area contributed by atoms with E-state index in [9.17, 15) is 22.0 Å². The van der Waals surface area contributed by atoms with Gasteiger partial charge in [-0.1, -0.05) is 12.1 Å². The van der Waals surface area contributed by atoms with E-state index in [1.54, 1.807) is 0 Å². The van der Waals surface area contributed by atoms with Crippen LogP contribution in [0.3, 0.4) is 0 Å². The van der Waals surface area contributed by atoms with Crippen molar-refractivity contribution in [3.8, 4) is 17.1 Å². The van der Waals surface area contributed by atoms with Gasteiger partial charge in [-0.05, 0) is 17.7 Å². The maximum atomic E-state index is 12.4. The molecule has 0 aliphatic heterocycles. The molecule has 20 heavy (non-hydrogen) atoms. The summed E-state index contributed by atoms with van der Waals surface area (Å²) in [6.07, 6.45) is -2.04. The van der Waals surface area contributed by atoms with Crippen LogP contribution < -0.4 is 4.74 Å². The molecule has 0 radical (unpaired) electrons. The van der Waals surface area contributed by atoms with Gasteiger partial charge in [0, 0.05) is 18.0 Å². The van der Waals surface area contributed by atoms with Crippen LogP contribution >= 0.6 is 0 Å². The normalized spacial score (nSPS) is 11.7. The molecule has 8 heteroatoms. The third-order valence-corrected chi connectivity index (χ3v) is 2.37. The minimum Gasteiger partial charge on any atom is -0.401 e. The molecule has 0 bridgehead atoms. The number of ether oxygens (including phenoxy) is 1. The molecule has 1 aromatic carbocycles. The Kier molecular flexibility index (Phi) is 3.82. The zero-order valence-electron chi connectivity index (χ0n) is 9.73. The van der Waals surface area contributed by atoms with Crippen molar-refractivity contribution in [1.29, 1.82) is 0 Å². The standard InChI is InChI=1S/C12H7F5N2O/c13-10(14)20-11-18-5-8(6-19-11)7-1-3-9(4-2-7)12(15,16)17/h1-6,10H. The van der Waals surface area contributed by atoms with Gasteiger partial charge in [-0.15, -0.1) is 0 Å². The summed E-state index contributed by atoms with van der Waals surface area (Å²) in [6, 6.07) is 3.82. The average molecular weight is 290 g/mol. The Labute approximate surface area is 110 Å². The van der Waals surface area contributed by atoms with E-state index in [1.807, 2.05) is 0 Å². The summed E-state index contributed by atoms with van der Waals surface area (Å²) in [6.45, 7) is -3.04. The number of halogens is 5. The zero-order chi connectivity index (χ0) is 14.8. The van der Waals surface area contributed by atoms with Crippen LogP contribution in [0.25, 0.3) is 11.1 Å². The summed E-state index contributed by atoms with van der Waals surface area (Å²) >= 11 is 0. The van der Waals surface area contributed by atoms with Crippen molar-refractivity contribution in [1.82, 2.24) is 9.97 Å². The van der Waals surface area contributed by atoms with E-state index in [1.165, 1.54) is 24.5 Å². The molecule has 0 fully saturated rings. The molecule has 0 spiro atoms. The number of benzene rings is 1. The molecule has 0 amide bonds. The van der Waals surface area contributed by atoms with Gasteiger partial charge in [-0.3, -0.25) is 0 Å². The molecule has 0 atom stereocenters. The van der Waals surface area contributed by atoms with Gasteiger partial charge < -0.3 is 4.74 Å². The highest BCUT2D eigenvalue weighted by atomic mass is 19.4. The topological polar surface area (TPSA) is 35.0 Å². The van der Waals surface area contributed by atoms with Crippen LogP contribution in [0.4, 0.5) is 22.0 Å². The predicted molar refractivity (Wildman–Crippen MR) is 59.1 cm³/mol. The van der Waals surface area contributed by atoms with E-state index in [-0.39, 0.29) is 0 Å². The van der Waals surface area contributed by atoms with Gasteiger partial charge in [0.25, 0.3) is 0 Å². The molecule has 0 saturated carbocycles. The number of aromatic nitrogens is 2. The summed E-state index contributed by atoms with van der Waals surface area (Å²) in [5, 5.41) is 0. The molecule has 2 rings (SSSR count). The fraction of sp³-hybridized carbons (Fsp3) is 0.167. The second-order valence-corrected chi connectivity index (χ2v) is 3.71. The summed E-state index contributed by atoms with van der Waals surface area (Å²) < 4.78 is 64.9. The maximum absolute atomic E-state index is 12.4. The molecule has 0 aliphatic rings. The van der Waals surface area contributed by atoms with Crippen LogP contribution in [0.5, 0.6) is 6.01 Å². The quantitative estimate of drug-likeness (QED) is 0.807. The van der Waals surface area contributed by atoms with Crippen molar-refractivity contribution in [3.63, 3.8) is 0 Å². The molecule has 3 nitrogen and oxygen atoms in total. The van der Waals surface area contributed by atoms with Crippen molar-refractivity contribution in [2.45, 2.75) is 12.8 Å². The molecule has 0 N–H and O–H groups in total. The van der Waals surface area contributed by atoms with Gasteiger partial charge in [0.1, 0.15) is 0 Å². The molecule has 1 heterocycles. The first-order chi connectivity index (χ1) is 9.36. The van der Waals surface area contributed by atoms with Crippen molar-refractivity contribution < 1.29 is 26.7 Å². The van der Waals surface area contributed by atoms with Crippen LogP contribution in [0.1, 0.15) is 5.56 Å². The lowest BCUT2D eigenvalue weighted by atomic mass is 10.1. The lowest BCUT2D eigenvalue weighted by Crippen LogP contribution is -2.05. The van der Waals surface area contributed by atoms with E-state index in [4.69, 9.17) is 0 Å². The highest BCUT2D eigenvalue weighted by Gasteiger charge is 2.29. The van der Waals surface area contributed by atoms with Crippen molar-refractivity contribution in [3.05, 3.63) is 42.2 Å². The van der Waals surface area contributed by atoms with Crippen LogP contribution in [0, 0.1) is 0 Å². The van der Waals surface area contributed by atoms with Gasteiger partial charge in [0.05, 0.1) is 5.56 Å². The van der Waals surface area contributed by atoms with Crippen molar-refractivity contribution in [2.75, 3.05) is 0 Å². The summed E-state index contributed by atoms with van der Waals surface area (Å²) in [4.78, 5) is 7.06. The van der Waals surface area contributed by atoms with Crippen molar-refractivity contribution in [2.24, 2.45) is 0 Å². The largest absolute Gasteiger partial charge is 0.416 e. The van der Waals surface area contributed by atoms with E-state index in [0.717, 1.165) is 12.1 Å². The van der Waals surface area contributed by atoms with Gasteiger partial charge in [-0.25, -0.2) is 9.97 Å². The molecule has 1 aromatic heterocycles. The Hall–Kier alpha value is -2.25. The monoisotopic (exact) mass is 290 g/mol. The summed E-state index contributed by atoms with van der Waals surface area (Å²) in [7, 11) is 0. The van der Waals surface area contributed by atoms with Crippen LogP contribution in [0.15, 0.2) is 36.7 Å². The highest BCUT2D eigenvalue weighted by Crippen LogP contribution is 2.30. The molecule has 0 unspecified atom stereocenters. The van der Waals surface area contributed by atoms with E-state index >= 15 is 0 Å². The van der Waals surface area contributed by atoms with Crippen LogP contribution in [-0.2, 0) is 6.18 Å². The second kappa shape index (κ2) is 5.40. The van der Waals surface area contributed by atoms with Crippen LogP contribution in [-0.4, -0.2) is 16.6 Å². The van der Waals surface area contributed by atoms with E-state index in [0.29, 0.717) is 11.1 Å². The molecule has 0 saturated heterocycles. The first-order valence-electron chi connectivity index (χ1n) is 5.31. The SMILES string of the molecule is FC(F)Oc1ncc(-c2ccc(C(F)(F)F)cc2)cn1. The Bertz CT molecular complexity index is 566. The Morgan fingerprint density at radius 2 is 1.45 bits per heavy atom. The van der Waals surface area contributed by atoms with Gasteiger partial charge in [0.2, 0.25) is 0 Å². The van der Waals surface area contributed by atoms with Gasteiger partial charge >= 0.3 is 18.8 Å². The van der Waals surface area contributed by atoms with Crippen LogP contribution in [0.2, 0.25) is 0 Å². The number of hydrogen-bond donors (Lipinski definition) is 0. The predicted octanol–water partition coefficient (Wildman–Crippen LogP) is 3.76. The van der Waals surface area contributed by atoms with E-state index in [2.05, 4.69) is 14.7 Å². The average Bonchev–Trinajstić information content (AvgIpc) is 2.38. The fourth-order valence-corrected chi connectivity index (χ4v) is 1.46. The Morgan fingerprint density at radius 3 is 1.90 bits per heavy atom. The summed E-state index contributed by atoms with van der Waals surface area (Å²) in [5.41, 5.74) is 0.0433. The third kappa shape index (κ3) is 3.40. The first kappa shape index (κ1) is 14.2. The van der Waals surface area contributed by atoms with Gasteiger partial charge in [-0.2, -0.15) is 22.0 Å². The van der Waals surface area contributed by atoms with Gasteiger partial charge in [0.15, 0.2) is 0 Å². The summed E-state index contributed by atoms with van der Waals surface area (Å²) in [5.74, 6) is 0. The van der Waals surface area contributed by atoms with Crippen molar-refractivity contribution >= 4 is 0 Å². The second-order valence-electron chi connectivity index (χ2n) is 3.71. The number of hydrogen-bond acceptors (Lipinski definition) is 3. The van der Waals surface area contributed by atoms with E-state index < -0.39 is 24.4 Å². The Morgan fingerprint density at radius 1 is 0.900 bits per heavy atom. The molecule has 106 valence electrons. The molecule has 0 aliphatic carbocycles. The zero-order valence-corrected chi connectivity index (χ0v) is 9.73. The Balaban J connectivity index is 2.19. The lowest BCUT2D eigenvalue weighted by molar-refractivity contribution is -0.137. The molecular weight excluding hydrogens is 283 g/mol. The minimum atomic E-state index is -4.41. The lowest BCUT2D eigenvalue weighted by Gasteiger charge is -2.07. The molecule has 2 aromatic rings. The third-order valence-electron chi connectivity index (χ3n) is 2.37. The minimum absolute atomic E-state index is 0.389. The highest BCUT2D eigenvalue weighted by molar-refractivity contribution is 5.61.